The molecule has 1 aromatic rings. The molecule has 0 aromatic carbocycles. The first-order valence-electron chi connectivity index (χ1n) is 7.06. The monoisotopic (exact) mass is 281 g/mol. The van der Waals surface area contributed by atoms with Crippen molar-refractivity contribution in [2.45, 2.75) is 57.8 Å². The second kappa shape index (κ2) is 6.21. The summed E-state index contributed by atoms with van der Waals surface area (Å²) in [4.78, 5) is 14.2. The molecule has 2 unspecified atom stereocenters. The third-order valence-corrected chi connectivity index (χ3v) is 3.47. The van der Waals surface area contributed by atoms with Crippen LogP contribution in [0.4, 0.5) is 11.9 Å². The number of hydrogen-bond donors (Lipinski definition) is 2. The Morgan fingerprint density at radius 3 is 2.60 bits per heavy atom. The number of anilines is 2. The minimum Gasteiger partial charge on any atom is -0.461 e. The highest BCUT2D eigenvalue weighted by molar-refractivity contribution is 5.36. The van der Waals surface area contributed by atoms with Crippen LogP contribution < -0.4 is 15.4 Å². The number of nitrogens with zero attached hydrogens (tertiary/aromatic N) is 4. The molecule has 1 aromatic heterocycles. The third-order valence-electron chi connectivity index (χ3n) is 3.47. The fourth-order valence-corrected chi connectivity index (χ4v) is 2.47. The number of rotatable bonds is 4. The summed E-state index contributed by atoms with van der Waals surface area (Å²) in [6, 6.07) is 0.233. The van der Waals surface area contributed by atoms with E-state index in [1.165, 1.54) is 0 Å². The quantitative estimate of drug-likeness (QED) is 0.849. The third kappa shape index (κ3) is 3.47. The van der Waals surface area contributed by atoms with Crippen LogP contribution in [-0.4, -0.2) is 45.4 Å². The summed E-state index contributed by atoms with van der Waals surface area (Å²) in [6.07, 6.45) is 3.50. The molecule has 1 fully saturated rings. The first-order chi connectivity index (χ1) is 9.47. The van der Waals surface area contributed by atoms with Crippen LogP contribution in [0, 0.1) is 0 Å². The van der Waals surface area contributed by atoms with Gasteiger partial charge in [0.05, 0.1) is 18.2 Å². The van der Waals surface area contributed by atoms with Gasteiger partial charge in [0.25, 0.3) is 0 Å². The molecule has 0 radical (unpaired) electrons. The van der Waals surface area contributed by atoms with Crippen molar-refractivity contribution < 1.29 is 9.84 Å². The van der Waals surface area contributed by atoms with Gasteiger partial charge in [0.2, 0.25) is 11.9 Å². The molecule has 7 heteroatoms. The number of nitrogens with two attached hydrogens (primary N) is 1. The van der Waals surface area contributed by atoms with Gasteiger partial charge in [0, 0.05) is 7.05 Å². The average molecular weight is 281 g/mol. The van der Waals surface area contributed by atoms with Gasteiger partial charge in [-0.3, -0.25) is 0 Å². The summed E-state index contributed by atoms with van der Waals surface area (Å²) in [5.74, 6) is 0.571. The number of aliphatic hydroxyl groups excluding tert-OH is 1. The Morgan fingerprint density at radius 1 is 1.25 bits per heavy atom. The Hall–Kier alpha value is -1.63. The molecule has 1 aliphatic rings. The molecule has 1 heterocycles. The van der Waals surface area contributed by atoms with Crippen molar-refractivity contribution in [2.24, 2.45) is 0 Å². The van der Waals surface area contributed by atoms with Gasteiger partial charge in [-0.15, -0.1) is 0 Å². The van der Waals surface area contributed by atoms with E-state index in [1.54, 1.807) is 0 Å². The molecule has 0 saturated heterocycles. The first kappa shape index (κ1) is 14.8. The largest absolute Gasteiger partial charge is 0.461 e. The fourth-order valence-electron chi connectivity index (χ4n) is 2.47. The van der Waals surface area contributed by atoms with E-state index in [2.05, 4.69) is 15.0 Å². The van der Waals surface area contributed by atoms with E-state index < -0.39 is 0 Å². The predicted molar refractivity (Wildman–Crippen MR) is 76.7 cm³/mol. The highest BCUT2D eigenvalue weighted by Crippen LogP contribution is 2.25. The SMILES string of the molecule is CC(C)Oc1nc(N)nc(N(C)C2CCCCC2O)n1. The topological polar surface area (TPSA) is 97.4 Å². The van der Waals surface area contributed by atoms with Crippen molar-refractivity contribution in [3.63, 3.8) is 0 Å². The lowest BCUT2D eigenvalue weighted by Crippen LogP contribution is -2.44. The van der Waals surface area contributed by atoms with Gasteiger partial charge in [0.1, 0.15) is 0 Å². The zero-order valence-electron chi connectivity index (χ0n) is 12.3. The average Bonchev–Trinajstić information content (AvgIpc) is 2.37. The lowest BCUT2D eigenvalue weighted by molar-refractivity contribution is 0.105. The zero-order chi connectivity index (χ0) is 14.7. The zero-order valence-corrected chi connectivity index (χ0v) is 12.3. The normalized spacial score (nSPS) is 22.9. The number of ether oxygens (including phenoxy) is 1. The van der Waals surface area contributed by atoms with Gasteiger partial charge in [-0.1, -0.05) is 12.8 Å². The maximum atomic E-state index is 10.1. The van der Waals surface area contributed by atoms with Crippen LogP contribution in [-0.2, 0) is 0 Å². The molecule has 0 amide bonds. The Balaban J connectivity index is 2.20. The van der Waals surface area contributed by atoms with Crippen LogP contribution in [0.25, 0.3) is 0 Å². The summed E-state index contributed by atoms with van der Waals surface area (Å²) in [7, 11) is 1.87. The second-order valence-electron chi connectivity index (χ2n) is 5.47. The second-order valence-corrected chi connectivity index (χ2v) is 5.47. The van der Waals surface area contributed by atoms with Crippen LogP contribution in [0.3, 0.4) is 0 Å². The molecule has 0 spiro atoms. The van der Waals surface area contributed by atoms with Crippen molar-refractivity contribution >= 4 is 11.9 Å². The number of hydrogen-bond acceptors (Lipinski definition) is 7. The van der Waals surface area contributed by atoms with Gasteiger partial charge in [-0.25, -0.2) is 0 Å². The smallest absolute Gasteiger partial charge is 0.323 e. The molecule has 0 bridgehead atoms. The molecular formula is C13H23N5O2. The molecule has 2 rings (SSSR count). The highest BCUT2D eigenvalue weighted by atomic mass is 16.5. The summed E-state index contributed by atoms with van der Waals surface area (Å²) < 4.78 is 5.47. The lowest BCUT2D eigenvalue weighted by atomic mass is 9.92. The van der Waals surface area contributed by atoms with Crippen LogP contribution in [0.15, 0.2) is 0 Å². The highest BCUT2D eigenvalue weighted by Gasteiger charge is 2.28. The van der Waals surface area contributed by atoms with E-state index in [1.807, 2.05) is 25.8 Å². The van der Waals surface area contributed by atoms with Gasteiger partial charge < -0.3 is 20.5 Å². The Labute approximate surface area is 119 Å². The summed E-state index contributed by atoms with van der Waals surface area (Å²) >= 11 is 0. The number of likely N-dealkylation sites (N-methyl/N-ethyl adjacent to an activating group) is 1. The molecule has 3 N–H and O–H groups in total. The van der Waals surface area contributed by atoms with Crippen LogP contribution in [0.5, 0.6) is 6.01 Å². The van der Waals surface area contributed by atoms with Gasteiger partial charge in [-0.05, 0) is 26.7 Å². The first-order valence-corrected chi connectivity index (χ1v) is 7.06. The molecule has 112 valence electrons. The van der Waals surface area contributed by atoms with Gasteiger partial charge >= 0.3 is 6.01 Å². The Kier molecular flexibility index (Phi) is 4.59. The van der Waals surface area contributed by atoms with E-state index in [0.717, 1.165) is 25.7 Å². The van der Waals surface area contributed by atoms with E-state index in [4.69, 9.17) is 10.5 Å². The summed E-state index contributed by atoms with van der Waals surface area (Å²) in [6.45, 7) is 3.79. The van der Waals surface area contributed by atoms with Crippen molar-refractivity contribution in [1.82, 2.24) is 15.0 Å². The maximum Gasteiger partial charge on any atom is 0.323 e. The molecular weight excluding hydrogens is 258 g/mol. The van der Waals surface area contributed by atoms with Crippen molar-refractivity contribution in [1.29, 1.82) is 0 Å². The molecule has 20 heavy (non-hydrogen) atoms. The van der Waals surface area contributed by atoms with E-state index in [-0.39, 0.29) is 30.2 Å². The Morgan fingerprint density at radius 2 is 1.95 bits per heavy atom. The van der Waals surface area contributed by atoms with Crippen LogP contribution in [0.2, 0.25) is 0 Å². The maximum absolute atomic E-state index is 10.1. The Bertz CT molecular complexity index is 454. The predicted octanol–water partition coefficient (Wildman–Crippen LogP) is 0.981. The summed E-state index contributed by atoms with van der Waals surface area (Å²) in [5, 5.41) is 10.1. The standard InChI is InChI=1S/C13H23N5O2/c1-8(2)20-13-16-11(14)15-12(17-13)18(3)9-6-4-5-7-10(9)19/h8-10,19H,4-7H2,1-3H3,(H2,14,15,16,17). The van der Waals surface area contributed by atoms with E-state index >= 15 is 0 Å². The van der Waals surface area contributed by atoms with Crippen LogP contribution in [0.1, 0.15) is 39.5 Å². The van der Waals surface area contributed by atoms with Crippen molar-refractivity contribution in [3.8, 4) is 6.01 Å². The molecule has 2 atom stereocenters. The molecule has 0 aliphatic heterocycles. The minimum atomic E-state index is -0.360. The van der Waals surface area contributed by atoms with Crippen molar-refractivity contribution in [3.05, 3.63) is 0 Å². The molecule has 7 nitrogen and oxygen atoms in total. The summed E-state index contributed by atoms with van der Waals surface area (Å²) in [5.41, 5.74) is 5.71. The van der Waals surface area contributed by atoms with Gasteiger partial charge in [0.15, 0.2) is 0 Å². The minimum absolute atomic E-state index is 0.0115. The molecule has 1 saturated carbocycles. The lowest BCUT2D eigenvalue weighted by Gasteiger charge is -2.35. The van der Waals surface area contributed by atoms with Gasteiger partial charge in [-0.2, -0.15) is 15.0 Å². The molecule has 1 aliphatic carbocycles. The fraction of sp³-hybridized carbons (Fsp3) is 0.769. The van der Waals surface area contributed by atoms with E-state index in [0.29, 0.717) is 5.95 Å². The van der Waals surface area contributed by atoms with Crippen molar-refractivity contribution in [2.75, 3.05) is 17.7 Å². The van der Waals surface area contributed by atoms with E-state index in [9.17, 15) is 5.11 Å². The number of aromatic nitrogens is 3. The number of aliphatic hydroxyl groups is 1. The van der Waals surface area contributed by atoms with Crippen LogP contribution >= 0.6 is 0 Å². The number of nitrogen functional groups attached to an aromatic ring is 1.